The van der Waals surface area contributed by atoms with Crippen LogP contribution in [0.4, 0.5) is 0 Å². The first kappa shape index (κ1) is 13.8. The second-order valence-electron chi connectivity index (χ2n) is 5.12. The van der Waals surface area contributed by atoms with Crippen molar-refractivity contribution in [2.24, 2.45) is 5.92 Å². The van der Waals surface area contributed by atoms with Crippen LogP contribution in [-0.4, -0.2) is 11.1 Å². The summed E-state index contributed by atoms with van der Waals surface area (Å²) < 4.78 is 0. The maximum atomic E-state index is 10.6. The molecule has 17 heavy (non-hydrogen) atoms. The van der Waals surface area contributed by atoms with Crippen molar-refractivity contribution < 1.29 is 9.90 Å². The van der Waals surface area contributed by atoms with E-state index in [4.69, 9.17) is 5.11 Å². The molecule has 2 nitrogen and oxygen atoms in total. The molecule has 0 radical (unpaired) electrons. The first-order valence-electron chi connectivity index (χ1n) is 6.18. The Morgan fingerprint density at radius 2 is 1.76 bits per heavy atom. The maximum absolute atomic E-state index is 10.6. The van der Waals surface area contributed by atoms with Crippen molar-refractivity contribution in [3.05, 3.63) is 34.4 Å². The minimum absolute atomic E-state index is 0.243. The molecule has 1 aromatic carbocycles. The fourth-order valence-electron chi connectivity index (χ4n) is 2.40. The maximum Gasteiger partial charge on any atom is 0.303 e. The smallest absolute Gasteiger partial charge is 0.303 e. The standard InChI is InChI=1S/C15H22O2/c1-10(9-15(16)17)5-6-14-12(3)7-11(2)8-13(14)4/h7-8,10H,5-6,9H2,1-4H3,(H,16,17). The van der Waals surface area contributed by atoms with Crippen molar-refractivity contribution in [1.29, 1.82) is 0 Å². The van der Waals surface area contributed by atoms with Crippen LogP contribution in [0.2, 0.25) is 0 Å². The number of aryl methyl sites for hydroxylation is 3. The van der Waals surface area contributed by atoms with E-state index in [0.717, 1.165) is 12.8 Å². The summed E-state index contributed by atoms with van der Waals surface area (Å²) in [5, 5.41) is 8.73. The summed E-state index contributed by atoms with van der Waals surface area (Å²) in [5.41, 5.74) is 5.32. The topological polar surface area (TPSA) is 37.3 Å². The minimum Gasteiger partial charge on any atom is -0.481 e. The zero-order valence-corrected chi connectivity index (χ0v) is 11.2. The molecule has 1 N–H and O–H groups in total. The molecule has 2 heteroatoms. The third-order valence-electron chi connectivity index (χ3n) is 3.25. The predicted octanol–water partition coefficient (Wildman–Crippen LogP) is 3.66. The van der Waals surface area contributed by atoms with Crippen LogP contribution in [-0.2, 0) is 11.2 Å². The Labute approximate surface area is 104 Å². The summed E-state index contributed by atoms with van der Waals surface area (Å²) in [6.07, 6.45) is 2.19. The summed E-state index contributed by atoms with van der Waals surface area (Å²) in [6, 6.07) is 4.40. The largest absolute Gasteiger partial charge is 0.481 e. The molecule has 0 aliphatic heterocycles. The molecule has 0 saturated carbocycles. The van der Waals surface area contributed by atoms with Gasteiger partial charge < -0.3 is 5.11 Å². The first-order valence-corrected chi connectivity index (χ1v) is 6.18. The van der Waals surface area contributed by atoms with E-state index in [1.165, 1.54) is 22.3 Å². The number of hydrogen-bond donors (Lipinski definition) is 1. The number of carbonyl (C=O) groups is 1. The highest BCUT2D eigenvalue weighted by molar-refractivity contribution is 5.66. The van der Waals surface area contributed by atoms with Crippen LogP contribution in [0.25, 0.3) is 0 Å². The fourth-order valence-corrected chi connectivity index (χ4v) is 2.40. The van der Waals surface area contributed by atoms with Crippen LogP contribution in [0.1, 0.15) is 42.0 Å². The van der Waals surface area contributed by atoms with E-state index in [0.29, 0.717) is 0 Å². The summed E-state index contributed by atoms with van der Waals surface area (Å²) >= 11 is 0. The quantitative estimate of drug-likeness (QED) is 0.844. The fraction of sp³-hybridized carbons (Fsp3) is 0.533. The van der Waals surface area contributed by atoms with Gasteiger partial charge in [0.1, 0.15) is 0 Å². The second-order valence-corrected chi connectivity index (χ2v) is 5.12. The molecule has 1 unspecified atom stereocenters. The molecular weight excluding hydrogens is 212 g/mol. The van der Waals surface area contributed by atoms with E-state index < -0.39 is 5.97 Å². The highest BCUT2D eigenvalue weighted by Crippen LogP contribution is 2.20. The van der Waals surface area contributed by atoms with Gasteiger partial charge in [-0.25, -0.2) is 0 Å². The molecule has 0 aromatic heterocycles. The molecule has 0 aliphatic rings. The SMILES string of the molecule is Cc1cc(C)c(CCC(C)CC(=O)O)c(C)c1. The highest BCUT2D eigenvalue weighted by Gasteiger charge is 2.10. The second kappa shape index (κ2) is 5.85. The van der Waals surface area contributed by atoms with Gasteiger partial charge in [-0.1, -0.05) is 24.6 Å². The number of aliphatic carboxylic acids is 1. The molecule has 0 saturated heterocycles. The van der Waals surface area contributed by atoms with Gasteiger partial charge in [0, 0.05) is 6.42 Å². The molecule has 0 fully saturated rings. The van der Waals surface area contributed by atoms with Gasteiger partial charge >= 0.3 is 5.97 Å². The minimum atomic E-state index is -0.699. The van der Waals surface area contributed by atoms with Crippen molar-refractivity contribution in [3.8, 4) is 0 Å². The van der Waals surface area contributed by atoms with Gasteiger partial charge in [0.25, 0.3) is 0 Å². The Morgan fingerprint density at radius 1 is 1.24 bits per heavy atom. The Hall–Kier alpha value is -1.31. The lowest BCUT2D eigenvalue weighted by Crippen LogP contribution is -2.06. The molecule has 0 amide bonds. The summed E-state index contributed by atoms with van der Waals surface area (Å²) in [4.78, 5) is 10.6. The zero-order chi connectivity index (χ0) is 13.0. The van der Waals surface area contributed by atoms with Crippen LogP contribution in [0.5, 0.6) is 0 Å². The van der Waals surface area contributed by atoms with E-state index in [9.17, 15) is 4.79 Å². The van der Waals surface area contributed by atoms with Gasteiger partial charge in [0.2, 0.25) is 0 Å². The van der Waals surface area contributed by atoms with Gasteiger partial charge in [-0.2, -0.15) is 0 Å². The van der Waals surface area contributed by atoms with Crippen molar-refractivity contribution in [2.45, 2.75) is 47.0 Å². The normalized spacial score (nSPS) is 12.5. The Bertz CT molecular complexity index is 384. The number of carboxylic acid groups (broad SMARTS) is 1. The summed E-state index contributed by atoms with van der Waals surface area (Å²) in [5.74, 6) is -0.456. The Kier molecular flexibility index (Phi) is 4.73. The van der Waals surface area contributed by atoms with Crippen LogP contribution < -0.4 is 0 Å². The van der Waals surface area contributed by atoms with Crippen LogP contribution in [0.15, 0.2) is 12.1 Å². The lowest BCUT2D eigenvalue weighted by molar-refractivity contribution is -0.138. The van der Waals surface area contributed by atoms with E-state index in [1.807, 2.05) is 6.92 Å². The monoisotopic (exact) mass is 234 g/mol. The Balaban J connectivity index is 2.66. The zero-order valence-electron chi connectivity index (χ0n) is 11.2. The van der Waals surface area contributed by atoms with Gasteiger partial charge in [0.05, 0.1) is 0 Å². The number of carboxylic acids is 1. The molecule has 0 aliphatic carbocycles. The van der Waals surface area contributed by atoms with E-state index in [1.54, 1.807) is 0 Å². The number of hydrogen-bond acceptors (Lipinski definition) is 1. The van der Waals surface area contributed by atoms with E-state index in [2.05, 4.69) is 32.9 Å². The van der Waals surface area contributed by atoms with Gasteiger partial charge in [-0.05, 0) is 56.2 Å². The summed E-state index contributed by atoms with van der Waals surface area (Å²) in [6.45, 7) is 8.39. The van der Waals surface area contributed by atoms with Crippen molar-refractivity contribution >= 4 is 5.97 Å². The number of rotatable bonds is 5. The number of benzene rings is 1. The lowest BCUT2D eigenvalue weighted by atomic mass is 9.92. The molecular formula is C15H22O2. The molecule has 1 rings (SSSR count). The molecule has 94 valence electrons. The van der Waals surface area contributed by atoms with Crippen LogP contribution in [0.3, 0.4) is 0 Å². The van der Waals surface area contributed by atoms with E-state index in [-0.39, 0.29) is 12.3 Å². The van der Waals surface area contributed by atoms with Gasteiger partial charge in [-0.15, -0.1) is 0 Å². The molecule has 0 heterocycles. The lowest BCUT2D eigenvalue weighted by Gasteiger charge is -2.13. The van der Waals surface area contributed by atoms with Gasteiger partial charge in [-0.3, -0.25) is 4.79 Å². The van der Waals surface area contributed by atoms with Crippen molar-refractivity contribution in [2.75, 3.05) is 0 Å². The molecule has 0 bridgehead atoms. The van der Waals surface area contributed by atoms with Crippen LogP contribution in [0, 0.1) is 26.7 Å². The van der Waals surface area contributed by atoms with Gasteiger partial charge in [0.15, 0.2) is 0 Å². The van der Waals surface area contributed by atoms with Crippen LogP contribution >= 0.6 is 0 Å². The van der Waals surface area contributed by atoms with E-state index >= 15 is 0 Å². The third-order valence-corrected chi connectivity index (χ3v) is 3.25. The third kappa shape index (κ3) is 4.22. The Morgan fingerprint density at radius 3 is 2.24 bits per heavy atom. The van der Waals surface area contributed by atoms with Crippen molar-refractivity contribution in [1.82, 2.24) is 0 Å². The highest BCUT2D eigenvalue weighted by atomic mass is 16.4. The molecule has 1 atom stereocenters. The summed E-state index contributed by atoms with van der Waals surface area (Å²) in [7, 11) is 0. The molecule has 1 aromatic rings. The predicted molar refractivity (Wildman–Crippen MR) is 70.4 cm³/mol. The molecule has 0 spiro atoms. The first-order chi connectivity index (χ1) is 7.90. The average Bonchev–Trinajstić information content (AvgIpc) is 2.14. The van der Waals surface area contributed by atoms with Crippen molar-refractivity contribution in [3.63, 3.8) is 0 Å². The average molecular weight is 234 g/mol.